The fourth-order valence-corrected chi connectivity index (χ4v) is 4.27. The van der Waals surface area contributed by atoms with Gasteiger partial charge in [-0.3, -0.25) is 14.3 Å². The van der Waals surface area contributed by atoms with Crippen LogP contribution < -0.4 is 10.5 Å². The number of piperidine rings is 1. The molecule has 1 fully saturated rings. The smallest absolute Gasteiger partial charge is 0.253 e. The molecule has 0 radical (unpaired) electrons. The van der Waals surface area contributed by atoms with Crippen LogP contribution >= 0.6 is 0 Å². The van der Waals surface area contributed by atoms with Crippen LogP contribution in [0.3, 0.4) is 0 Å². The molecule has 3 aromatic heterocycles. The maximum absolute atomic E-state index is 12.6. The Bertz CT molecular complexity index is 1080. The normalized spacial score (nSPS) is 17.0. The van der Waals surface area contributed by atoms with Gasteiger partial charge in [-0.15, -0.1) is 0 Å². The maximum atomic E-state index is 12.6. The summed E-state index contributed by atoms with van der Waals surface area (Å²) in [5.41, 5.74) is 3.82. The standard InChI is InChI=1S/C22H24N6O2/c29-21-11-20(17-1-6-23-7-2-17)26-15-28(21)12-16-3-8-27(9-4-16)22-18-13-30-10-5-19(18)24-14-25-22/h1-2,6-7,11,14-16H,3-5,8-10,12-13H2. The largest absolute Gasteiger partial charge is 0.376 e. The van der Waals surface area contributed by atoms with E-state index in [1.807, 2.05) is 12.1 Å². The first-order valence-corrected chi connectivity index (χ1v) is 10.4. The zero-order valence-corrected chi connectivity index (χ0v) is 16.8. The van der Waals surface area contributed by atoms with E-state index >= 15 is 0 Å². The summed E-state index contributed by atoms with van der Waals surface area (Å²) in [4.78, 5) is 32.4. The van der Waals surface area contributed by atoms with Crippen LogP contribution in [0.4, 0.5) is 5.82 Å². The van der Waals surface area contributed by atoms with Gasteiger partial charge in [0.05, 0.1) is 30.9 Å². The van der Waals surface area contributed by atoms with Gasteiger partial charge in [0.25, 0.3) is 5.56 Å². The zero-order chi connectivity index (χ0) is 20.3. The number of aromatic nitrogens is 5. The average Bonchev–Trinajstić information content (AvgIpc) is 2.81. The molecule has 2 aliphatic rings. The number of pyridine rings is 1. The average molecular weight is 404 g/mol. The summed E-state index contributed by atoms with van der Waals surface area (Å²) < 4.78 is 7.35. The number of rotatable bonds is 4. The Labute approximate surface area is 174 Å². The van der Waals surface area contributed by atoms with Crippen LogP contribution in [0, 0.1) is 5.92 Å². The van der Waals surface area contributed by atoms with Gasteiger partial charge in [-0.05, 0) is 30.9 Å². The van der Waals surface area contributed by atoms with Crippen molar-refractivity contribution in [2.45, 2.75) is 32.4 Å². The third-order valence-electron chi connectivity index (χ3n) is 5.97. The predicted molar refractivity (Wildman–Crippen MR) is 112 cm³/mol. The highest BCUT2D eigenvalue weighted by molar-refractivity contribution is 5.57. The lowest BCUT2D eigenvalue weighted by atomic mass is 9.96. The van der Waals surface area contributed by atoms with Crippen LogP contribution in [0.5, 0.6) is 0 Å². The summed E-state index contributed by atoms with van der Waals surface area (Å²) in [7, 11) is 0. The lowest BCUT2D eigenvalue weighted by Gasteiger charge is -2.34. The second-order valence-electron chi connectivity index (χ2n) is 7.86. The molecular formula is C22H24N6O2. The Morgan fingerprint density at radius 1 is 1.10 bits per heavy atom. The van der Waals surface area contributed by atoms with E-state index in [0.717, 1.165) is 61.6 Å². The summed E-state index contributed by atoms with van der Waals surface area (Å²) in [6, 6.07) is 5.33. The molecule has 5 rings (SSSR count). The zero-order valence-electron chi connectivity index (χ0n) is 16.8. The first kappa shape index (κ1) is 18.9. The van der Waals surface area contributed by atoms with E-state index in [9.17, 15) is 4.79 Å². The summed E-state index contributed by atoms with van der Waals surface area (Å²) in [5.74, 6) is 1.46. The van der Waals surface area contributed by atoms with Crippen molar-refractivity contribution in [1.29, 1.82) is 0 Å². The topological polar surface area (TPSA) is 86.0 Å². The van der Waals surface area contributed by atoms with E-state index < -0.39 is 0 Å². The number of hydrogen-bond donors (Lipinski definition) is 0. The van der Waals surface area contributed by atoms with Crippen LogP contribution in [0.2, 0.25) is 0 Å². The van der Waals surface area contributed by atoms with Gasteiger partial charge in [0.15, 0.2) is 0 Å². The van der Waals surface area contributed by atoms with Gasteiger partial charge in [0.2, 0.25) is 0 Å². The second-order valence-corrected chi connectivity index (χ2v) is 7.86. The number of anilines is 1. The molecule has 0 N–H and O–H groups in total. The van der Waals surface area contributed by atoms with Crippen molar-refractivity contribution in [3.05, 3.63) is 64.9 Å². The van der Waals surface area contributed by atoms with Crippen LogP contribution in [-0.4, -0.2) is 44.2 Å². The fraction of sp³-hybridized carbons (Fsp3) is 0.409. The van der Waals surface area contributed by atoms with Crippen molar-refractivity contribution in [1.82, 2.24) is 24.5 Å². The monoisotopic (exact) mass is 404 g/mol. The molecule has 154 valence electrons. The highest BCUT2D eigenvalue weighted by Crippen LogP contribution is 2.28. The minimum Gasteiger partial charge on any atom is -0.376 e. The van der Waals surface area contributed by atoms with Gasteiger partial charge < -0.3 is 9.64 Å². The van der Waals surface area contributed by atoms with Crippen LogP contribution in [0.25, 0.3) is 11.3 Å². The van der Waals surface area contributed by atoms with Gasteiger partial charge >= 0.3 is 0 Å². The molecule has 0 amide bonds. The van der Waals surface area contributed by atoms with Crippen molar-refractivity contribution in [2.75, 3.05) is 24.6 Å². The van der Waals surface area contributed by atoms with Gasteiger partial charge in [-0.2, -0.15) is 0 Å². The minimum absolute atomic E-state index is 0.0127. The van der Waals surface area contributed by atoms with Crippen molar-refractivity contribution >= 4 is 5.82 Å². The quantitative estimate of drug-likeness (QED) is 0.658. The van der Waals surface area contributed by atoms with Crippen LogP contribution in [-0.2, 0) is 24.3 Å². The Morgan fingerprint density at radius 2 is 1.93 bits per heavy atom. The second kappa shape index (κ2) is 8.31. The molecule has 0 spiro atoms. The summed E-state index contributed by atoms with van der Waals surface area (Å²) >= 11 is 0. The van der Waals surface area contributed by atoms with E-state index in [0.29, 0.717) is 24.8 Å². The van der Waals surface area contributed by atoms with E-state index in [2.05, 4.69) is 24.8 Å². The highest BCUT2D eigenvalue weighted by atomic mass is 16.5. The Kier molecular flexibility index (Phi) is 5.23. The van der Waals surface area contributed by atoms with Crippen molar-refractivity contribution in [2.24, 2.45) is 5.92 Å². The van der Waals surface area contributed by atoms with Crippen LogP contribution in [0.1, 0.15) is 24.1 Å². The molecule has 0 bridgehead atoms. The molecule has 0 aliphatic carbocycles. The van der Waals surface area contributed by atoms with E-state index in [4.69, 9.17) is 4.74 Å². The molecule has 1 saturated heterocycles. The molecular weight excluding hydrogens is 380 g/mol. The van der Waals surface area contributed by atoms with Gasteiger partial charge in [-0.1, -0.05) is 0 Å². The first-order valence-electron chi connectivity index (χ1n) is 10.4. The highest BCUT2D eigenvalue weighted by Gasteiger charge is 2.25. The van der Waals surface area contributed by atoms with Gasteiger partial charge in [-0.25, -0.2) is 15.0 Å². The van der Waals surface area contributed by atoms with E-state index in [-0.39, 0.29) is 5.56 Å². The molecule has 0 unspecified atom stereocenters. The van der Waals surface area contributed by atoms with Crippen molar-refractivity contribution in [3.63, 3.8) is 0 Å². The lowest BCUT2D eigenvalue weighted by Crippen LogP contribution is -2.37. The molecule has 3 aromatic rings. The first-order chi connectivity index (χ1) is 14.8. The number of ether oxygens (including phenoxy) is 1. The molecule has 2 aliphatic heterocycles. The summed E-state index contributed by atoms with van der Waals surface area (Å²) in [6.07, 6.45) is 9.63. The Morgan fingerprint density at radius 3 is 2.73 bits per heavy atom. The van der Waals surface area contributed by atoms with Crippen molar-refractivity contribution < 1.29 is 4.74 Å². The third kappa shape index (κ3) is 3.82. The number of nitrogens with zero attached hydrogens (tertiary/aromatic N) is 6. The molecule has 8 nitrogen and oxygen atoms in total. The number of fused-ring (bicyclic) bond motifs is 1. The van der Waals surface area contributed by atoms with E-state index in [1.54, 1.807) is 35.7 Å². The van der Waals surface area contributed by atoms with Gasteiger partial charge in [0, 0.05) is 55.6 Å². The molecule has 30 heavy (non-hydrogen) atoms. The maximum Gasteiger partial charge on any atom is 0.253 e. The van der Waals surface area contributed by atoms with Crippen molar-refractivity contribution in [3.8, 4) is 11.3 Å². The molecule has 8 heteroatoms. The summed E-state index contributed by atoms with van der Waals surface area (Å²) in [6.45, 7) is 3.86. The van der Waals surface area contributed by atoms with Crippen LogP contribution in [0.15, 0.2) is 48.0 Å². The minimum atomic E-state index is -0.0127. The number of hydrogen-bond acceptors (Lipinski definition) is 7. The Balaban J connectivity index is 1.24. The molecule has 0 atom stereocenters. The fourth-order valence-electron chi connectivity index (χ4n) is 4.27. The SMILES string of the molecule is O=c1cc(-c2ccncc2)ncn1CC1CCN(c2ncnc3c2COCC3)CC1. The summed E-state index contributed by atoms with van der Waals surface area (Å²) in [5, 5.41) is 0. The third-order valence-corrected chi connectivity index (χ3v) is 5.97. The Hall–Kier alpha value is -3.13. The lowest BCUT2D eigenvalue weighted by molar-refractivity contribution is 0.109. The molecule has 0 saturated carbocycles. The van der Waals surface area contributed by atoms with Gasteiger partial charge in [0.1, 0.15) is 12.1 Å². The molecule has 0 aromatic carbocycles. The molecule has 5 heterocycles. The predicted octanol–water partition coefficient (Wildman–Crippen LogP) is 2.08. The van der Waals surface area contributed by atoms with E-state index in [1.165, 1.54) is 0 Å².